The summed E-state index contributed by atoms with van der Waals surface area (Å²) in [5.41, 5.74) is 6.06. The van der Waals surface area contributed by atoms with Crippen LogP contribution in [-0.4, -0.2) is 20.6 Å². The number of imidazole rings is 1. The summed E-state index contributed by atoms with van der Waals surface area (Å²) in [4.78, 5) is 18.9. The maximum atomic E-state index is 13.3. The van der Waals surface area contributed by atoms with Crippen molar-refractivity contribution in [3.05, 3.63) is 119 Å². The first-order valence-corrected chi connectivity index (χ1v) is 16.2. The minimum absolute atomic E-state index is 0.0138. The van der Waals surface area contributed by atoms with Crippen molar-refractivity contribution < 1.29 is 23.1 Å². The molecule has 6 rings (SSSR count). The van der Waals surface area contributed by atoms with Crippen molar-refractivity contribution in [2.75, 3.05) is 4.90 Å². The molecule has 47 heavy (non-hydrogen) atoms. The van der Waals surface area contributed by atoms with Crippen LogP contribution >= 0.6 is 0 Å². The van der Waals surface area contributed by atoms with E-state index >= 15 is 0 Å². The first-order valence-electron chi connectivity index (χ1n) is 16.2. The summed E-state index contributed by atoms with van der Waals surface area (Å²) in [5.74, 6) is -0.161. The molecular weight excluding hydrogens is 599 g/mol. The Hall–Kier alpha value is -4.59. The Morgan fingerprint density at radius 2 is 1.49 bits per heavy atom. The zero-order valence-corrected chi connectivity index (χ0v) is 27.0. The van der Waals surface area contributed by atoms with E-state index in [1.807, 2.05) is 18.2 Å². The highest BCUT2D eigenvalue weighted by Crippen LogP contribution is 2.37. The van der Waals surface area contributed by atoms with E-state index in [1.54, 1.807) is 24.3 Å². The molecule has 5 aromatic rings. The Balaban J connectivity index is 1.37. The number of rotatable bonds is 8. The van der Waals surface area contributed by atoms with Crippen LogP contribution in [0.5, 0.6) is 0 Å². The molecule has 1 saturated carbocycles. The molecule has 1 fully saturated rings. The SMILES string of the molecule is CC(C)(C)c1ccc(N(Cc2ccc(C(F)(F)F)cc2)Cc2cccc(-c3nc4cc(C(=O)O)ccc4n3C3CCCCC3)c2)cc1. The Morgan fingerprint density at radius 1 is 0.830 bits per heavy atom. The number of aromatic nitrogens is 2. The van der Waals surface area contributed by atoms with Gasteiger partial charge >= 0.3 is 12.1 Å². The molecule has 1 aromatic heterocycles. The average Bonchev–Trinajstić information content (AvgIpc) is 3.43. The number of alkyl halides is 3. The Labute approximate surface area is 273 Å². The smallest absolute Gasteiger partial charge is 0.416 e. The van der Waals surface area contributed by atoms with Crippen LogP contribution in [0.2, 0.25) is 0 Å². The minimum atomic E-state index is -4.38. The number of benzene rings is 4. The second-order valence-corrected chi connectivity index (χ2v) is 13.7. The third-order valence-electron chi connectivity index (χ3n) is 9.19. The van der Waals surface area contributed by atoms with E-state index in [0.29, 0.717) is 18.6 Å². The predicted octanol–water partition coefficient (Wildman–Crippen LogP) is 10.4. The second kappa shape index (κ2) is 12.9. The lowest BCUT2D eigenvalue weighted by Gasteiger charge is -2.27. The topological polar surface area (TPSA) is 58.4 Å². The lowest BCUT2D eigenvalue weighted by atomic mass is 9.87. The molecule has 0 aliphatic heterocycles. The van der Waals surface area contributed by atoms with E-state index in [0.717, 1.165) is 71.5 Å². The van der Waals surface area contributed by atoms with E-state index in [-0.39, 0.29) is 17.0 Å². The van der Waals surface area contributed by atoms with Gasteiger partial charge in [-0.25, -0.2) is 9.78 Å². The summed E-state index contributed by atoms with van der Waals surface area (Å²) >= 11 is 0. The van der Waals surface area contributed by atoms with Crippen molar-refractivity contribution in [2.24, 2.45) is 0 Å². The number of fused-ring (bicyclic) bond motifs is 1. The van der Waals surface area contributed by atoms with Gasteiger partial charge in [-0.15, -0.1) is 0 Å². The van der Waals surface area contributed by atoms with Crippen molar-refractivity contribution in [3.63, 3.8) is 0 Å². The lowest BCUT2D eigenvalue weighted by molar-refractivity contribution is -0.137. The van der Waals surface area contributed by atoms with E-state index in [1.165, 1.54) is 12.0 Å². The molecule has 5 nitrogen and oxygen atoms in total. The van der Waals surface area contributed by atoms with Gasteiger partial charge in [-0.1, -0.05) is 82.5 Å². The summed E-state index contributed by atoms with van der Waals surface area (Å²) in [5, 5.41) is 9.62. The Bertz CT molecular complexity index is 1860. The standard InChI is InChI=1S/C39H40F3N3O2/c1-38(2,3)30-17-19-32(20-18-30)44(24-26-12-15-31(16-13-26)39(40,41)42)25-27-8-7-9-28(22-27)36-43-34-23-29(37(46)47)14-21-35(34)45(36)33-10-5-4-6-11-33/h7-9,12-23,33H,4-6,10-11,24-25H2,1-3H3,(H,46,47). The van der Waals surface area contributed by atoms with Gasteiger partial charge < -0.3 is 14.6 Å². The Kier molecular flexibility index (Phi) is 8.88. The van der Waals surface area contributed by atoms with Crippen LogP contribution in [0.25, 0.3) is 22.4 Å². The molecule has 0 atom stereocenters. The van der Waals surface area contributed by atoms with E-state index in [4.69, 9.17) is 4.98 Å². The van der Waals surface area contributed by atoms with Crippen molar-refractivity contribution in [1.82, 2.24) is 9.55 Å². The normalized spacial score (nSPS) is 14.4. The van der Waals surface area contributed by atoms with E-state index in [9.17, 15) is 23.1 Å². The van der Waals surface area contributed by atoms with Gasteiger partial charge in [0.1, 0.15) is 5.82 Å². The molecule has 0 amide bonds. The molecule has 0 radical (unpaired) electrons. The van der Waals surface area contributed by atoms with Gasteiger partial charge in [0.05, 0.1) is 22.2 Å². The van der Waals surface area contributed by atoms with Crippen LogP contribution < -0.4 is 4.90 Å². The molecule has 0 unspecified atom stereocenters. The third kappa shape index (κ3) is 7.22. The van der Waals surface area contributed by atoms with Gasteiger partial charge in [-0.05, 0) is 83.5 Å². The van der Waals surface area contributed by atoms with Crippen molar-refractivity contribution >= 4 is 22.7 Å². The van der Waals surface area contributed by atoms with Crippen LogP contribution in [0.3, 0.4) is 0 Å². The molecule has 0 bridgehead atoms. The summed E-state index contributed by atoms with van der Waals surface area (Å²) in [6.45, 7) is 7.44. The van der Waals surface area contributed by atoms with Crippen LogP contribution in [0.1, 0.15) is 91.5 Å². The zero-order valence-electron chi connectivity index (χ0n) is 27.0. The molecular formula is C39H40F3N3O2. The summed E-state index contributed by atoms with van der Waals surface area (Å²) < 4.78 is 42.1. The molecule has 0 spiro atoms. The van der Waals surface area contributed by atoms with Crippen LogP contribution in [0.15, 0.2) is 91.0 Å². The van der Waals surface area contributed by atoms with Crippen molar-refractivity contribution in [3.8, 4) is 11.4 Å². The lowest BCUT2D eigenvalue weighted by Crippen LogP contribution is -2.22. The fourth-order valence-electron chi connectivity index (χ4n) is 6.60. The predicted molar refractivity (Wildman–Crippen MR) is 181 cm³/mol. The number of carbonyl (C=O) groups is 1. The van der Waals surface area contributed by atoms with Gasteiger partial charge in [-0.2, -0.15) is 13.2 Å². The summed E-state index contributed by atoms with van der Waals surface area (Å²) in [6.07, 6.45) is 1.20. The van der Waals surface area contributed by atoms with Gasteiger partial charge in [0.15, 0.2) is 0 Å². The molecule has 1 heterocycles. The number of halogens is 3. The van der Waals surface area contributed by atoms with Crippen molar-refractivity contribution in [1.29, 1.82) is 0 Å². The van der Waals surface area contributed by atoms with E-state index in [2.05, 4.69) is 66.6 Å². The van der Waals surface area contributed by atoms with Gasteiger partial charge in [0.25, 0.3) is 0 Å². The third-order valence-corrected chi connectivity index (χ3v) is 9.19. The molecule has 1 aliphatic rings. The monoisotopic (exact) mass is 639 g/mol. The van der Waals surface area contributed by atoms with Crippen molar-refractivity contribution in [2.45, 2.75) is 83.6 Å². The average molecular weight is 640 g/mol. The maximum Gasteiger partial charge on any atom is 0.416 e. The highest BCUT2D eigenvalue weighted by atomic mass is 19.4. The fraction of sp³-hybridized carbons (Fsp3) is 0.333. The summed E-state index contributed by atoms with van der Waals surface area (Å²) in [7, 11) is 0. The molecule has 4 aromatic carbocycles. The molecule has 8 heteroatoms. The van der Waals surface area contributed by atoms with Crippen LogP contribution in [-0.2, 0) is 24.7 Å². The molecule has 1 N–H and O–H groups in total. The number of hydrogen-bond acceptors (Lipinski definition) is 3. The first kappa shape index (κ1) is 32.4. The second-order valence-electron chi connectivity index (χ2n) is 13.7. The van der Waals surface area contributed by atoms with Crippen LogP contribution in [0.4, 0.5) is 18.9 Å². The van der Waals surface area contributed by atoms with E-state index < -0.39 is 17.7 Å². The number of carboxylic acid groups (broad SMARTS) is 1. The number of hydrogen-bond donors (Lipinski definition) is 1. The quantitative estimate of drug-likeness (QED) is 0.184. The fourth-order valence-corrected chi connectivity index (χ4v) is 6.60. The highest BCUT2D eigenvalue weighted by Gasteiger charge is 2.30. The number of carboxylic acids is 1. The number of nitrogens with zero attached hydrogens (tertiary/aromatic N) is 3. The van der Waals surface area contributed by atoms with Gasteiger partial charge in [0.2, 0.25) is 0 Å². The molecule has 0 saturated heterocycles. The zero-order chi connectivity index (χ0) is 33.3. The molecule has 1 aliphatic carbocycles. The largest absolute Gasteiger partial charge is 0.478 e. The van der Waals surface area contributed by atoms with Gasteiger partial charge in [-0.3, -0.25) is 0 Å². The summed E-state index contributed by atoms with van der Waals surface area (Å²) in [6, 6.07) is 27.5. The number of aromatic carboxylic acids is 1. The minimum Gasteiger partial charge on any atom is -0.478 e. The number of anilines is 1. The molecule has 244 valence electrons. The van der Waals surface area contributed by atoms with Crippen LogP contribution in [0, 0.1) is 0 Å². The highest BCUT2D eigenvalue weighted by molar-refractivity contribution is 5.93. The van der Waals surface area contributed by atoms with Gasteiger partial charge in [0, 0.05) is 30.4 Å². The first-order chi connectivity index (χ1) is 22.4. The Morgan fingerprint density at radius 3 is 2.13 bits per heavy atom. The maximum absolute atomic E-state index is 13.3.